The van der Waals surface area contributed by atoms with Crippen LogP contribution in [0.5, 0.6) is 0 Å². The number of aromatic nitrogens is 1. The number of pyridine rings is 1. The topological polar surface area (TPSA) is 42.0 Å². The molecule has 0 saturated carbocycles. The van der Waals surface area contributed by atoms with Gasteiger partial charge in [-0.1, -0.05) is 6.07 Å². The summed E-state index contributed by atoms with van der Waals surface area (Å²) < 4.78 is 11.8. The quantitative estimate of drug-likeness (QED) is 0.832. The van der Waals surface area contributed by atoms with Gasteiger partial charge in [0.1, 0.15) is 0 Å². The Morgan fingerprint density at radius 2 is 2.47 bits per heavy atom. The van der Waals surface area contributed by atoms with Crippen molar-refractivity contribution in [3.8, 4) is 0 Å². The van der Waals surface area contributed by atoms with E-state index in [1.54, 1.807) is 6.20 Å². The number of rotatable bonds is 4. The van der Waals surface area contributed by atoms with Crippen molar-refractivity contribution in [2.45, 2.75) is 24.6 Å². The minimum absolute atomic E-state index is 0.453. The molecule has 2 heterocycles. The third-order valence-electron chi connectivity index (χ3n) is 2.58. The van der Waals surface area contributed by atoms with E-state index < -0.39 is 10.8 Å². The Kier molecular flexibility index (Phi) is 3.86. The van der Waals surface area contributed by atoms with Gasteiger partial charge in [-0.05, 0) is 31.5 Å². The van der Waals surface area contributed by atoms with Crippen LogP contribution in [0.4, 0.5) is 0 Å². The fourth-order valence-corrected chi connectivity index (χ4v) is 3.18. The van der Waals surface area contributed by atoms with E-state index in [-0.39, 0.29) is 0 Å². The van der Waals surface area contributed by atoms with Gasteiger partial charge in [0.2, 0.25) is 0 Å². The Hall–Kier alpha value is -0.740. The van der Waals surface area contributed by atoms with E-state index in [4.69, 9.17) is 0 Å². The van der Waals surface area contributed by atoms with Crippen molar-refractivity contribution >= 4 is 10.8 Å². The molecule has 3 nitrogen and oxygen atoms in total. The molecule has 1 aliphatic rings. The van der Waals surface area contributed by atoms with Crippen LogP contribution in [0.3, 0.4) is 0 Å². The largest absolute Gasteiger partial charge is 0.313 e. The van der Waals surface area contributed by atoms with Gasteiger partial charge in [0.05, 0.1) is 11.4 Å². The summed E-state index contributed by atoms with van der Waals surface area (Å²) in [7, 11) is -0.786. The van der Waals surface area contributed by atoms with Crippen molar-refractivity contribution in [2.24, 2.45) is 0 Å². The monoisotopic (exact) mass is 224 g/mol. The smallest absolute Gasteiger partial charge is 0.0659 e. The van der Waals surface area contributed by atoms with Crippen LogP contribution < -0.4 is 5.32 Å². The summed E-state index contributed by atoms with van der Waals surface area (Å²) in [4.78, 5) is 4.18. The van der Waals surface area contributed by atoms with Crippen molar-refractivity contribution in [2.75, 3.05) is 12.3 Å². The maximum absolute atomic E-state index is 11.8. The van der Waals surface area contributed by atoms with Crippen molar-refractivity contribution in [1.82, 2.24) is 10.3 Å². The predicted octanol–water partition coefficient (Wildman–Crippen LogP) is 1.08. The van der Waals surface area contributed by atoms with Crippen LogP contribution in [-0.4, -0.2) is 27.5 Å². The molecule has 0 amide bonds. The van der Waals surface area contributed by atoms with Gasteiger partial charge in [0, 0.05) is 28.8 Å². The molecule has 1 saturated heterocycles. The lowest BCUT2D eigenvalue weighted by Crippen LogP contribution is -2.28. The van der Waals surface area contributed by atoms with Crippen molar-refractivity contribution in [3.63, 3.8) is 0 Å². The molecule has 1 N–H and O–H groups in total. The predicted molar refractivity (Wildman–Crippen MR) is 62.0 cm³/mol. The van der Waals surface area contributed by atoms with E-state index in [1.165, 1.54) is 6.42 Å². The minimum atomic E-state index is -0.786. The van der Waals surface area contributed by atoms with Crippen LogP contribution >= 0.6 is 0 Å². The van der Waals surface area contributed by atoms with Crippen LogP contribution in [0, 0.1) is 0 Å². The molecule has 0 unspecified atom stereocenters. The average Bonchev–Trinajstić information content (AvgIpc) is 2.71. The first-order chi connectivity index (χ1) is 7.34. The fraction of sp³-hybridized carbons (Fsp3) is 0.545. The number of nitrogens with one attached hydrogen (secondary N) is 1. The summed E-state index contributed by atoms with van der Waals surface area (Å²) in [6, 6.07) is 6.20. The normalized spacial score (nSPS) is 22.8. The number of hydrogen-bond donors (Lipinski definition) is 1. The van der Waals surface area contributed by atoms with E-state index in [2.05, 4.69) is 10.3 Å². The molecule has 15 heavy (non-hydrogen) atoms. The highest BCUT2D eigenvalue weighted by Gasteiger charge is 2.16. The van der Waals surface area contributed by atoms with Gasteiger partial charge in [-0.15, -0.1) is 0 Å². The summed E-state index contributed by atoms with van der Waals surface area (Å²) in [6.07, 6.45) is 4.12. The van der Waals surface area contributed by atoms with Gasteiger partial charge in [-0.2, -0.15) is 0 Å². The van der Waals surface area contributed by atoms with Crippen LogP contribution in [-0.2, 0) is 16.6 Å². The van der Waals surface area contributed by atoms with Gasteiger partial charge in [-0.3, -0.25) is 9.19 Å². The van der Waals surface area contributed by atoms with Crippen LogP contribution in [0.25, 0.3) is 0 Å². The lowest BCUT2D eigenvalue weighted by Gasteiger charge is -2.08. The molecule has 0 aliphatic carbocycles. The Balaban J connectivity index is 1.82. The molecular weight excluding hydrogens is 208 g/mol. The van der Waals surface area contributed by atoms with Gasteiger partial charge in [-0.25, -0.2) is 0 Å². The molecule has 2 atom stereocenters. The van der Waals surface area contributed by atoms with E-state index >= 15 is 0 Å². The molecule has 0 spiro atoms. The van der Waals surface area contributed by atoms with Crippen molar-refractivity contribution < 1.29 is 4.21 Å². The Morgan fingerprint density at radius 3 is 3.13 bits per heavy atom. The first kappa shape index (κ1) is 10.8. The second-order valence-electron chi connectivity index (χ2n) is 3.87. The number of nitrogens with zero attached hydrogens (tertiary/aromatic N) is 1. The third kappa shape index (κ3) is 3.39. The van der Waals surface area contributed by atoms with E-state index in [1.807, 2.05) is 18.2 Å². The zero-order chi connectivity index (χ0) is 10.5. The molecule has 82 valence electrons. The van der Waals surface area contributed by atoms with Crippen molar-refractivity contribution in [1.29, 1.82) is 0 Å². The van der Waals surface area contributed by atoms with Gasteiger partial charge < -0.3 is 5.32 Å². The van der Waals surface area contributed by atoms with Crippen LogP contribution in [0.1, 0.15) is 18.5 Å². The molecular formula is C11H16N2OS. The summed E-state index contributed by atoms with van der Waals surface area (Å²) >= 11 is 0. The molecule has 0 aromatic carbocycles. The second-order valence-corrected chi connectivity index (χ2v) is 5.37. The molecule has 0 bridgehead atoms. The van der Waals surface area contributed by atoms with Crippen LogP contribution in [0.15, 0.2) is 24.4 Å². The summed E-state index contributed by atoms with van der Waals surface area (Å²) in [6.45, 7) is 1.07. The summed E-state index contributed by atoms with van der Waals surface area (Å²) in [5.74, 6) is 1.34. The van der Waals surface area contributed by atoms with Crippen LogP contribution in [0.2, 0.25) is 0 Å². The molecule has 1 aromatic heterocycles. The molecule has 1 fully saturated rings. The first-order valence-electron chi connectivity index (χ1n) is 5.33. The molecule has 1 aliphatic heterocycles. The van der Waals surface area contributed by atoms with Gasteiger partial charge in [0.25, 0.3) is 0 Å². The number of hydrogen-bond acceptors (Lipinski definition) is 3. The zero-order valence-corrected chi connectivity index (χ0v) is 9.50. The van der Waals surface area contributed by atoms with E-state index in [0.717, 1.165) is 24.4 Å². The summed E-state index contributed by atoms with van der Waals surface area (Å²) in [5.41, 5.74) is 0.925. The first-order valence-corrected chi connectivity index (χ1v) is 6.81. The minimum Gasteiger partial charge on any atom is -0.313 e. The third-order valence-corrected chi connectivity index (χ3v) is 3.98. The maximum Gasteiger partial charge on any atom is 0.0659 e. The Morgan fingerprint density at radius 1 is 1.53 bits per heavy atom. The second kappa shape index (κ2) is 5.37. The average molecular weight is 224 g/mol. The maximum atomic E-state index is 11.8. The highest BCUT2D eigenvalue weighted by molar-refractivity contribution is 7.84. The van der Waals surface area contributed by atoms with E-state index in [0.29, 0.717) is 11.8 Å². The lowest BCUT2D eigenvalue weighted by atomic mass is 10.3. The Bertz CT molecular complexity index is 323. The molecule has 2 rings (SSSR count). The van der Waals surface area contributed by atoms with Crippen molar-refractivity contribution in [3.05, 3.63) is 30.1 Å². The fourth-order valence-electron chi connectivity index (χ4n) is 1.83. The summed E-state index contributed by atoms with van der Waals surface area (Å²) in [5, 5.41) is 3.36. The van der Waals surface area contributed by atoms with Gasteiger partial charge >= 0.3 is 0 Å². The zero-order valence-electron chi connectivity index (χ0n) is 8.69. The Labute approximate surface area is 92.8 Å². The molecule has 4 heteroatoms. The highest BCUT2D eigenvalue weighted by Crippen LogP contribution is 2.08. The standard InChI is InChI=1S/C11H16N2OS/c14-15(9-11-5-3-7-13-11)8-10-4-1-2-6-12-10/h1-2,4,6,11,13H,3,5,7-9H2/t11-,15+/m0/s1. The van der Waals surface area contributed by atoms with E-state index in [9.17, 15) is 4.21 Å². The lowest BCUT2D eigenvalue weighted by molar-refractivity contribution is 0.642. The molecule has 1 aromatic rings. The SMILES string of the molecule is O=[S@](Cc1ccccn1)C[C@@H]1CCCN1. The molecule has 0 radical (unpaired) electrons. The highest BCUT2D eigenvalue weighted by atomic mass is 32.2. The van der Waals surface area contributed by atoms with Gasteiger partial charge in [0.15, 0.2) is 0 Å².